The van der Waals surface area contributed by atoms with Crippen molar-refractivity contribution in [3.8, 4) is 0 Å². The Kier molecular flexibility index (Phi) is 6.04. The molecular weight excluding hydrogens is 444 g/mol. The van der Waals surface area contributed by atoms with Crippen molar-refractivity contribution in [1.82, 2.24) is 14.1 Å². The Labute approximate surface area is 184 Å². The lowest BCUT2D eigenvalue weighted by Crippen LogP contribution is -2.50. The summed E-state index contributed by atoms with van der Waals surface area (Å²) in [6.07, 6.45) is 1.60. The van der Waals surface area contributed by atoms with Crippen LogP contribution in [0, 0.1) is 18.6 Å². The molecule has 3 heterocycles. The molecule has 2 aliphatic rings. The van der Waals surface area contributed by atoms with Crippen molar-refractivity contribution >= 4 is 21.8 Å². The van der Waals surface area contributed by atoms with Gasteiger partial charge in [0.1, 0.15) is 10.7 Å². The molecule has 0 atom stereocenters. The number of hydrogen-bond donors (Lipinski definition) is 0. The second-order valence-electron chi connectivity index (χ2n) is 7.86. The number of piperazine rings is 1. The quantitative estimate of drug-likeness (QED) is 0.688. The molecule has 0 bridgehead atoms. The minimum atomic E-state index is -3.71. The first kappa shape index (κ1) is 22.4. The smallest absolute Gasteiger partial charge is 0.289 e. The van der Waals surface area contributed by atoms with E-state index >= 15 is 0 Å². The van der Waals surface area contributed by atoms with Gasteiger partial charge in [-0.1, -0.05) is 0 Å². The predicted molar refractivity (Wildman–Crippen MR) is 110 cm³/mol. The molecule has 2 fully saturated rings. The zero-order valence-corrected chi connectivity index (χ0v) is 18.3. The Morgan fingerprint density at radius 2 is 1.47 bits per heavy atom. The molecule has 2 amide bonds. The van der Waals surface area contributed by atoms with Gasteiger partial charge in [0.2, 0.25) is 10.0 Å². The van der Waals surface area contributed by atoms with Crippen LogP contribution in [0.25, 0.3) is 0 Å². The van der Waals surface area contributed by atoms with Crippen molar-refractivity contribution in [2.75, 3.05) is 39.3 Å². The number of benzene rings is 1. The first-order chi connectivity index (χ1) is 15.2. The van der Waals surface area contributed by atoms with Gasteiger partial charge in [0.15, 0.2) is 17.4 Å². The molecule has 172 valence electrons. The van der Waals surface area contributed by atoms with Gasteiger partial charge in [-0.25, -0.2) is 17.2 Å². The van der Waals surface area contributed by atoms with Crippen LogP contribution >= 0.6 is 0 Å². The van der Waals surface area contributed by atoms with Crippen molar-refractivity contribution < 1.29 is 31.2 Å². The molecule has 4 rings (SSSR count). The lowest BCUT2D eigenvalue weighted by Gasteiger charge is -2.34. The summed E-state index contributed by atoms with van der Waals surface area (Å²) in [7, 11) is -3.71. The summed E-state index contributed by atoms with van der Waals surface area (Å²) >= 11 is 0. The van der Waals surface area contributed by atoms with E-state index in [-0.39, 0.29) is 48.2 Å². The normalized spacial score (nSPS) is 17.7. The zero-order chi connectivity index (χ0) is 23.0. The SMILES string of the molecule is Cc1oc(C(=O)N2CCN(C(=O)c3ccc(F)c(F)c3)CC2)cc1S(=O)(=O)N1CCCC1. The number of rotatable bonds is 4. The molecule has 32 heavy (non-hydrogen) atoms. The average molecular weight is 467 g/mol. The number of carbonyl (C=O) groups is 2. The Hall–Kier alpha value is -2.79. The van der Waals surface area contributed by atoms with E-state index in [1.165, 1.54) is 33.2 Å². The molecule has 0 saturated carbocycles. The van der Waals surface area contributed by atoms with Gasteiger partial charge in [0, 0.05) is 50.9 Å². The van der Waals surface area contributed by atoms with Crippen LogP contribution < -0.4 is 0 Å². The number of halogens is 2. The summed E-state index contributed by atoms with van der Waals surface area (Å²) in [4.78, 5) is 28.3. The molecule has 1 aromatic heterocycles. The standard InChI is InChI=1S/C21H23F2N3O5S/c1-14-19(32(29,30)26-6-2-3-7-26)13-18(31-14)21(28)25-10-8-24(9-11-25)20(27)15-4-5-16(22)17(23)12-15/h4-5,12-13H,2-3,6-11H2,1H3. The number of hydrogen-bond acceptors (Lipinski definition) is 5. The van der Waals surface area contributed by atoms with Crippen molar-refractivity contribution in [3.05, 3.63) is 53.0 Å². The minimum Gasteiger partial charge on any atom is -0.455 e. The van der Waals surface area contributed by atoms with Crippen molar-refractivity contribution in [2.24, 2.45) is 0 Å². The van der Waals surface area contributed by atoms with Crippen molar-refractivity contribution in [1.29, 1.82) is 0 Å². The highest BCUT2D eigenvalue weighted by atomic mass is 32.2. The summed E-state index contributed by atoms with van der Waals surface area (Å²) < 4.78 is 59.0. The molecule has 2 aromatic rings. The van der Waals surface area contributed by atoms with Crippen LogP contribution in [0.2, 0.25) is 0 Å². The van der Waals surface area contributed by atoms with Crippen LogP contribution in [-0.2, 0) is 10.0 Å². The summed E-state index contributed by atoms with van der Waals surface area (Å²) in [6.45, 7) is 3.20. The summed E-state index contributed by atoms with van der Waals surface area (Å²) in [5.41, 5.74) is 0.0297. The molecular formula is C21H23F2N3O5S. The van der Waals surface area contributed by atoms with Crippen LogP contribution in [0.5, 0.6) is 0 Å². The second kappa shape index (κ2) is 8.62. The summed E-state index contributed by atoms with van der Waals surface area (Å²) in [5, 5.41) is 0. The van der Waals surface area contributed by atoms with E-state index in [0.717, 1.165) is 25.0 Å². The molecule has 0 unspecified atom stereocenters. The minimum absolute atomic E-state index is 0.00472. The van der Waals surface area contributed by atoms with Crippen LogP contribution in [0.15, 0.2) is 33.6 Å². The van der Waals surface area contributed by atoms with E-state index in [0.29, 0.717) is 13.1 Å². The van der Waals surface area contributed by atoms with Gasteiger partial charge in [-0.15, -0.1) is 0 Å². The third kappa shape index (κ3) is 4.14. The molecule has 8 nitrogen and oxygen atoms in total. The van der Waals surface area contributed by atoms with Crippen LogP contribution in [-0.4, -0.2) is 73.6 Å². The van der Waals surface area contributed by atoms with Crippen LogP contribution in [0.3, 0.4) is 0 Å². The third-order valence-corrected chi connectivity index (χ3v) is 7.79. The maximum Gasteiger partial charge on any atom is 0.289 e. The van der Waals surface area contributed by atoms with Crippen molar-refractivity contribution in [2.45, 2.75) is 24.7 Å². The Morgan fingerprint density at radius 3 is 2.06 bits per heavy atom. The van der Waals surface area contributed by atoms with Gasteiger partial charge in [-0.3, -0.25) is 9.59 Å². The highest BCUT2D eigenvalue weighted by molar-refractivity contribution is 7.89. The summed E-state index contributed by atoms with van der Waals surface area (Å²) in [5.74, 6) is -2.96. The van der Waals surface area contributed by atoms with E-state index in [1.807, 2.05) is 0 Å². The highest BCUT2D eigenvalue weighted by Gasteiger charge is 2.33. The second-order valence-corrected chi connectivity index (χ2v) is 9.76. The number of nitrogens with zero attached hydrogens (tertiary/aromatic N) is 3. The fraction of sp³-hybridized carbons (Fsp3) is 0.429. The Balaban J connectivity index is 1.42. The predicted octanol–water partition coefficient (Wildman–Crippen LogP) is 2.25. The fourth-order valence-electron chi connectivity index (χ4n) is 3.97. The molecule has 2 aliphatic heterocycles. The Morgan fingerprint density at radius 1 is 0.875 bits per heavy atom. The van der Waals surface area contributed by atoms with E-state index in [4.69, 9.17) is 4.42 Å². The van der Waals surface area contributed by atoms with E-state index in [1.54, 1.807) is 0 Å². The highest BCUT2D eigenvalue weighted by Crippen LogP contribution is 2.27. The van der Waals surface area contributed by atoms with E-state index in [2.05, 4.69) is 0 Å². The van der Waals surface area contributed by atoms with Crippen molar-refractivity contribution in [3.63, 3.8) is 0 Å². The topological polar surface area (TPSA) is 91.1 Å². The molecule has 0 aliphatic carbocycles. The van der Waals surface area contributed by atoms with Gasteiger partial charge in [0.05, 0.1) is 0 Å². The molecule has 2 saturated heterocycles. The zero-order valence-electron chi connectivity index (χ0n) is 17.5. The molecule has 1 aromatic carbocycles. The molecule has 0 radical (unpaired) electrons. The van der Waals surface area contributed by atoms with E-state index < -0.39 is 33.5 Å². The van der Waals surface area contributed by atoms with Gasteiger partial charge >= 0.3 is 0 Å². The van der Waals surface area contributed by atoms with Gasteiger partial charge < -0.3 is 14.2 Å². The van der Waals surface area contributed by atoms with Gasteiger partial charge in [-0.2, -0.15) is 4.31 Å². The Bertz CT molecular complexity index is 1150. The molecule has 0 N–H and O–H groups in total. The monoisotopic (exact) mass is 467 g/mol. The van der Waals surface area contributed by atoms with Gasteiger partial charge in [-0.05, 0) is 38.0 Å². The molecule has 0 spiro atoms. The number of furan rings is 1. The lowest BCUT2D eigenvalue weighted by molar-refractivity contribution is 0.0517. The number of amides is 2. The summed E-state index contributed by atoms with van der Waals surface area (Å²) in [6, 6.07) is 4.23. The maximum atomic E-state index is 13.4. The third-order valence-electron chi connectivity index (χ3n) is 5.79. The number of sulfonamides is 1. The fourth-order valence-corrected chi connectivity index (χ4v) is 5.65. The maximum absolute atomic E-state index is 13.4. The van der Waals surface area contributed by atoms with Crippen LogP contribution in [0.4, 0.5) is 8.78 Å². The van der Waals surface area contributed by atoms with E-state index in [9.17, 15) is 26.8 Å². The van der Waals surface area contributed by atoms with Crippen LogP contribution in [0.1, 0.15) is 39.5 Å². The van der Waals surface area contributed by atoms with Gasteiger partial charge in [0.25, 0.3) is 11.8 Å². The first-order valence-electron chi connectivity index (χ1n) is 10.3. The average Bonchev–Trinajstić information content (AvgIpc) is 3.45. The lowest BCUT2D eigenvalue weighted by atomic mass is 10.1. The first-order valence-corrected chi connectivity index (χ1v) is 11.8. The largest absolute Gasteiger partial charge is 0.455 e. The number of aryl methyl sites for hydroxylation is 1. The number of carbonyl (C=O) groups excluding carboxylic acids is 2. The molecule has 11 heteroatoms.